The van der Waals surface area contributed by atoms with Crippen molar-refractivity contribution in [2.75, 3.05) is 0 Å². The maximum absolute atomic E-state index is 6.25. The van der Waals surface area contributed by atoms with Crippen molar-refractivity contribution in [3.63, 3.8) is 0 Å². The first kappa shape index (κ1) is 77.4. The van der Waals surface area contributed by atoms with Gasteiger partial charge in [-0.25, -0.2) is 0 Å². The molecule has 0 heterocycles. The molecule has 0 spiro atoms. The van der Waals surface area contributed by atoms with E-state index in [2.05, 4.69) is 0 Å². The van der Waals surface area contributed by atoms with E-state index in [0.717, 1.165) is 0 Å². The molecule has 0 saturated carbocycles. The molecular formula is C6FeN6Sm. The summed E-state index contributed by atoms with van der Waals surface area (Å²) in [5, 5.41) is 37.5. The van der Waals surface area contributed by atoms with Crippen molar-refractivity contribution in [2.45, 2.75) is 0 Å². The summed E-state index contributed by atoms with van der Waals surface area (Å²) in [4.78, 5) is 0. The normalized spacial score (nSPS) is 0.857. The standard InChI is InChI=1S/6CN.Fe.Sm/c6*1-2;;/q6*-1;2*+3. The molecule has 0 fully saturated rings. The molecule has 14 heavy (non-hydrogen) atoms. The van der Waals surface area contributed by atoms with Gasteiger partial charge in [0, 0.05) is 0 Å². The molecule has 0 aromatic carbocycles. The van der Waals surface area contributed by atoms with Crippen LogP contribution in [-0.4, -0.2) is 0 Å². The molecule has 6 nitrogen and oxygen atoms in total. The van der Waals surface area contributed by atoms with Crippen LogP contribution in [0.2, 0.25) is 0 Å². The van der Waals surface area contributed by atoms with Crippen LogP contribution in [0.4, 0.5) is 0 Å². The zero-order valence-electron chi connectivity index (χ0n) is 6.45. The van der Waals surface area contributed by atoms with Crippen LogP contribution in [0.1, 0.15) is 0 Å². The zero-order chi connectivity index (χ0) is 12.0. The Bertz CT molecular complexity index is 97.3. The number of nitrogens with zero attached hydrogens (tertiary/aromatic N) is 6. The number of rotatable bonds is 0. The smallest absolute Gasteiger partial charge is 0.512 e. The van der Waals surface area contributed by atoms with E-state index in [0.29, 0.717) is 0 Å². The minimum absolute atomic E-state index is 0. The molecule has 68 valence electrons. The van der Waals surface area contributed by atoms with Crippen LogP contribution < -0.4 is 0 Å². The Balaban J connectivity index is -0.00000000500. The summed E-state index contributed by atoms with van der Waals surface area (Å²) >= 11 is 0. The predicted octanol–water partition coefficient (Wildman–Crippen LogP) is 0.576. The Labute approximate surface area is 127 Å². The third kappa shape index (κ3) is 716. The SMILES string of the molecule is [C-]#N.[C-]#N.[C-]#N.[C-]#N.[C-]#N.[C-]#N.[Fe+3].[Sm+3]. The average Bonchev–Trinajstić information content (AvgIpc) is 2.33. The molecule has 0 N–H and O–H groups in total. The van der Waals surface area contributed by atoms with E-state index in [9.17, 15) is 0 Å². The second-order valence-electron chi connectivity index (χ2n) is 0. The van der Waals surface area contributed by atoms with Gasteiger partial charge in [-0.1, -0.05) is 0 Å². The molecule has 0 aliphatic rings. The number of hydrogen-bond donors (Lipinski definition) is 0. The molecule has 0 aliphatic heterocycles. The molecule has 0 unspecified atom stereocenters. The summed E-state index contributed by atoms with van der Waals surface area (Å²) < 4.78 is 0. The molecule has 2 radical (unpaired) electrons. The molecule has 0 atom stereocenters. The van der Waals surface area contributed by atoms with E-state index in [4.69, 9.17) is 71.0 Å². The van der Waals surface area contributed by atoms with Crippen LogP contribution in [0.5, 0.6) is 0 Å². The van der Waals surface area contributed by atoms with E-state index >= 15 is 0 Å². The van der Waals surface area contributed by atoms with Crippen LogP contribution in [0.25, 0.3) is 0 Å². The summed E-state index contributed by atoms with van der Waals surface area (Å²) in [6, 6.07) is 0. The molecule has 0 aromatic rings. The molecule has 8 heteroatoms. The Morgan fingerprint density at radius 3 is 0.357 bits per heavy atom. The van der Waals surface area contributed by atoms with E-state index in [-0.39, 0.29) is 57.5 Å². The maximum atomic E-state index is 6.25. The Hall–Kier alpha value is -1.20. The van der Waals surface area contributed by atoms with E-state index in [1.165, 1.54) is 0 Å². The van der Waals surface area contributed by atoms with Gasteiger partial charge in [0.2, 0.25) is 0 Å². The Morgan fingerprint density at radius 2 is 0.357 bits per heavy atom. The van der Waals surface area contributed by atoms with Gasteiger partial charge in [0.25, 0.3) is 0 Å². The topological polar surface area (TPSA) is 143 Å². The Morgan fingerprint density at radius 1 is 0.357 bits per heavy atom. The zero-order valence-corrected chi connectivity index (χ0v) is 10.2. The average molecular weight is 362 g/mol. The van der Waals surface area contributed by atoms with Crippen molar-refractivity contribution in [1.29, 1.82) is 31.6 Å². The predicted molar refractivity (Wildman–Crippen MR) is 29.8 cm³/mol. The molecular weight excluding hydrogens is 362 g/mol. The van der Waals surface area contributed by atoms with Gasteiger partial charge in [0.1, 0.15) is 0 Å². The van der Waals surface area contributed by atoms with Crippen LogP contribution >= 0.6 is 0 Å². The quantitative estimate of drug-likeness (QED) is 0.455. The van der Waals surface area contributed by atoms with Gasteiger partial charge in [0.05, 0.1) is 0 Å². The third-order valence-corrected chi connectivity index (χ3v) is 0. The molecule has 0 amide bonds. The van der Waals surface area contributed by atoms with Crippen molar-refractivity contribution in [1.82, 2.24) is 0 Å². The first-order chi connectivity index (χ1) is 6.00. The summed E-state index contributed by atoms with van der Waals surface area (Å²) in [6.45, 7) is 28.5. The summed E-state index contributed by atoms with van der Waals surface area (Å²) in [5.41, 5.74) is 0. The fraction of sp³-hybridized carbons (Fsp3) is 0. The van der Waals surface area contributed by atoms with E-state index in [1.54, 1.807) is 0 Å². The van der Waals surface area contributed by atoms with E-state index in [1.807, 2.05) is 0 Å². The fourth-order valence-electron chi connectivity index (χ4n) is 0. The molecule has 0 rings (SSSR count). The van der Waals surface area contributed by atoms with Crippen molar-refractivity contribution in [3.8, 4) is 0 Å². The second-order valence-corrected chi connectivity index (χ2v) is 0. The van der Waals surface area contributed by atoms with Gasteiger partial charge in [0.15, 0.2) is 0 Å². The first-order valence-corrected chi connectivity index (χ1v) is 1.34. The number of hydrogen-bond acceptors (Lipinski definition) is 6. The van der Waals surface area contributed by atoms with Gasteiger partial charge in [-0.2, -0.15) is 0 Å². The van der Waals surface area contributed by atoms with Crippen LogP contribution in [0.3, 0.4) is 0 Å². The van der Waals surface area contributed by atoms with Crippen molar-refractivity contribution in [2.24, 2.45) is 0 Å². The molecule has 0 bridgehead atoms. The maximum Gasteiger partial charge on any atom is 3.00 e. The van der Waals surface area contributed by atoms with Crippen molar-refractivity contribution >= 4 is 0 Å². The van der Waals surface area contributed by atoms with Gasteiger partial charge >= 0.3 is 57.5 Å². The molecule has 0 saturated heterocycles. The van der Waals surface area contributed by atoms with E-state index < -0.39 is 0 Å². The largest absolute Gasteiger partial charge is 3.00 e. The summed E-state index contributed by atoms with van der Waals surface area (Å²) in [6.07, 6.45) is 0. The summed E-state index contributed by atoms with van der Waals surface area (Å²) in [5.74, 6) is 0. The Kier molecular flexibility index (Phi) is 5250. The van der Waals surface area contributed by atoms with Crippen LogP contribution in [-0.2, 0) is 17.1 Å². The molecule has 0 aromatic heterocycles. The van der Waals surface area contributed by atoms with Crippen molar-refractivity contribution < 1.29 is 57.5 Å². The fourth-order valence-corrected chi connectivity index (χ4v) is 0. The third-order valence-electron chi connectivity index (χ3n) is 0. The van der Waals surface area contributed by atoms with Crippen LogP contribution in [0, 0.1) is 111 Å². The van der Waals surface area contributed by atoms with Crippen LogP contribution in [0.15, 0.2) is 0 Å². The minimum atomic E-state index is 0. The second kappa shape index (κ2) is 951. The van der Waals surface area contributed by atoms with Gasteiger partial charge in [-0.15, -0.1) is 0 Å². The summed E-state index contributed by atoms with van der Waals surface area (Å²) in [7, 11) is 0. The van der Waals surface area contributed by atoms with Gasteiger partial charge < -0.3 is 71.0 Å². The van der Waals surface area contributed by atoms with Gasteiger partial charge in [-0.3, -0.25) is 0 Å². The van der Waals surface area contributed by atoms with Crippen molar-refractivity contribution in [3.05, 3.63) is 39.4 Å². The molecule has 0 aliphatic carbocycles. The van der Waals surface area contributed by atoms with Gasteiger partial charge in [-0.05, 0) is 0 Å². The monoisotopic (exact) mass is 364 g/mol. The first-order valence-electron chi connectivity index (χ1n) is 1.34. The minimum Gasteiger partial charge on any atom is -0.512 e.